The number of amides is 1. The predicted molar refractivity (Wildman–Crippen MR) is 95.2 cm³/mol. The van der Waals surface area contributed by atoms with E-state index in [1.165, 1.54) is 12.1 Å². The Bertz CT molecular complexity index is 947. The molecule has 1 aliphatic rings. The highest BCUT2D eigenvalue weighted by molar-refractivity contribution is 5.96. The molecule has 0 aliphatic carbocycles. The van der Waals surface area contributed by atoms with Crippen molar-refractivity contribution in [1.82, 2.24) is 20.2 Å². The highest BCUT2D eigenvalue weighted by atomic mass is 19.1. The Labute approximate surface area is 149 Å². The molecule has 2 aromatic heterocycles. The third-order valence-electron chi connectivity index (χ3n) is 4.54. The van der Waals surface area contributed by atoms with Gasteiger partial charge in [0.25, 0.3) is 0 Å². The Morgan fingerprint density at radius 3 is 2.50 bits per heavy atom. The second kappa shape index (κ2) is 6.33. The summed E-state index contributed by atoms with van der Waals surface area (Å²) < 4.78 is 13.3. The Morgan fingerprint density at radius 2 is 1.85 bits per heavy atom. The zero-order valence-electron chi connectivity index (χ0n) is 14.5. The summed E-state index contributed by atoms with van der Waals surface area (Å²) in [6, 6.07) is 6.18. The van der Waals surface area contributed by atoms with Crippen LogP contribution in [0.4, 0.5) is 10.2 Å². The Kier molecular flexibility index (Phi) is 3.99. The number of hydrogen-bond donors (Lipinski definition) is 2. The maximum atomic E-state index is 13.3. The molecule has 0 saturated carbocycles. The van der Waals surface area contributed by atoms with E-state index in [0.29, 0.717) is 5.82 Å². The molecule has 0 fully saturated rings. The van der Waals surface area contributed by atoms with Gasteiger partial charge in [0.1, 0.15) is 11.6 Å². The monoisotopic (exact) mass is 351 g/mol. The fourth-order valence-corrected chi connectivity index (χ4v) is 3.20. The van der Waals surface area contributed by atoms with Gasteiger partial charge in [-0.3, -0.25) is 9.89 Å². The molecule has 1 aromatic carbocycles. The normalized spacial score (nSPS) is 16.5. The van der Waals surface area contributed by atoms with Crippen LogP contribution in [0, 0.1) is 5.82 Å². The van der Waals surface area contributed by atoms with Gasteiger partial charge in [-0.1, -0.05) is 13.8 Å². The van der Waals surface area contributed by atoms with E-state index in [2.05, 4.69) is 25.5 Å². The van der Waals surface area contributed by atoms with Crippen molar-refractivity contribution in [1.29, 1.82) is 0 Å². The summed E-state index contributed by atoms with van der Waals surface area (Å²) in [6.45, 7) is 4.06. The largest absolute Gasteiger partial charge is 0.309 e. The van der Waals surface area contributed by atoms with Crippen molar-refractivity contribution in [2.45, 2.75) is 32.1 Å². The van der Waals surface area contributed by atoms with Crippen molar-refractivity contribution < 1.29 is 9.18 Å². The Morgan fingerprint density at radius 1 is 1.15 bits per heavy atom. The fraction of sp³-hybridized carbons (Fsp3) is 0.263. The molecule has 1 unspecified atom stereocenters. The number of aromatic amines is 1. The first-order valence-corrected chi connectivity index (χ1v) is 8.49. The average Bonchev–Trinajstić information content (AvgIpc) is 3.05. The van der Waals surface area contributed by atoms with Crippen molar-refractivity contribution in [3.05, 3.63) is 59.4 Å². The van der Waals surface area contributed by atoms with Crippen LogP contribution >= 0.6 is 0 Å². The smallest absolute Gasteiger partial charge is 0.226 e. The minimum atomic E-state index is -0.301. The average molecular weight is 351 g/mol. The van der Waals surface area contributed by atoms with Gasteiger partial charge in [0, 0.05) is 41.8 Å². The molecule has 1 amide bonds. The molecular weight excluding hydrogens is 333 g/mol. The maximum Gasteiger partial charge on any atom is 0.226 e. The number of benzene rings is 1. The first kappa shape index (κ1) is 16.4. The number of anilines is 1. The molecule has 6 nitrogen and oxygen atoms in total. The quantitative estimate of drug-likeness (QED) is 0.755. The second-order valence-corrected chi connectivity index (χ2v) is 6.70. The van der Waals surface area contributed by atoms with Crippen LogP contribution in [0.25, 0.3) is 11.3 Å². The van der Waals surface area contributed by atoms with Crippen LogP contribution in [-0.2, 0) is 4.79 Å². The number of aromatic nitrogens is 4. The van der Waals surface area contributed by atoms with Crippen molar-refractivity contribution in [3.8, 4) is 11.3 Å². The van der Waals surface area contributed by atoms with E-state index in [0.717, 1.165) is 28.2 Å². The molecule has 3 aromatic rings. The summed E-state index contributed by atoms with van der Waals surface area (Å²) >= 11 is 0. The number of H-pyrrole nitrogens is 1. The lowest BCUT2D eigenvalue weighted by atomic mass is 9.85. The Balaban J connectivity index is 1.80. The topological polar surface area (TPSA) is 83.6 Å². The standard InChI is InChI=1S/C19H18FN5O/c1-10(2)18-21-8-12(9-22-18)14-7-15(26)23-19-16(14)17(24-25-19)11-3-5-13(20)6-4-11/h3-6,8-10,14H,7H2,1-2H3,(H2,23,24,25,26). The van der Waals surface area contributed by atoms with Gasteiger partial charge in [0.15, 0.2) is 5.82 Å². The van der Waals surface area contributed by atoms with E-state index in [1.54, 1.807) is 24.5 Å². The van der Waals surface area contributed by atoms with Gasteiger partial charge in [-0.25, -0.2) is 14.4 Å². The molecule has 0 saturated heterocycles. The third kappa shape index (κ3) is 2.85. The highest BCUT2D eigenvalue weighted by Crippen LogP contribution is 2.41. The molecule has 3 heterocycles. The summed E-state index contributed by atoms with van der Waals surface area (Å²) in [4.78, 5) is 21.0. The number of carbonyl (C=O) groups is 1. The van der Waals surface area contributed by atoms with E-state index in [9.17, 15) is 9.18 Å². The number of halogens is 1. The lowest BCUT2D eigenvalue weighted by molar-refractivity contribution is -0.116. The molecule has 0 radical (unpaired) electrons. The van der Waals surface area contributed by atoms with E-state index in [-0.39, 0.29) is 30.0 Å². The number of nitrogens with zero attached hydrogens (tertiary/aromatic N) is 3. The zero-order valence-corrected chi connectivity index (χ0v) is 14.5. The zero-order chi connectivity index (χ0) is 18.3. The van der Waals surface area contributed by atoms with E-state index in [1.807, 2.05) is 13.8 Å². The molecule has 1 aliphatic heterocycles. The van der Waals surface area contributed by atoms with Gasteiger partial charge in [-0.15, -0.1) is 0 Å². The summed E-state index contributed by atoms with van der Waals surface area (Å²) in [7, 11) is 0. The van der Waals surface area contributed by atoms with Gasteiger partial charge in [-0.05, 0) is 29.8 Å². The van der Waals surface area contributed by atoms with E-state index < -0.39 is 0 Å². The number of carbonyl (C=O) groups excluding carboxylic acids is 1. The van der Waals surface area contributed by atoms with Gasteiger partial charge in [0.05, 0.1) is 5.69 Å². The molecular formula is C19H18FN5O. The lowest BCUT2D eigenvalue weighted by Crippen LogP contribution is -2.23. The molecule has 0 bridgehead atoms. The molecule has 4 rings (SSSR count). The van der Waals surface area contributed by atoms with Crippen LogP contribution in [0.3, 0.4) is 0 Å². The highest BCUT2D eigenvalue weighted by Gasteiger charge is 2.32. The SMILES string of the molecule is CC(C)c1ncc(C2CC(=O)Nc3n[nH]c(-c4ccc(F)cc4)c32)cn1. The van der Waals surface area contributed by atoms with Gasteiger partial charge in [-0.2, -0.15) is 5.10 Å². The summed E-state index contributed by atoms with van der Waals surface area (Å²) in [5.41, 5.74) is 3.30. The van der Waals surface area contributed by atoms with Crippen LogP contribution < -0.4 is 5.32 Å². The van der Waals surface area contributed by atoms with Crippen LogP contribution in [0.5, 0.6) is 0 Å². The van der Waals surface area contributed by atoms with Gasteiger partial charge >= 0.3 is 0 Å². The molecule has 2 N–H and O–H groups in total. The fourth-order valence-electron chi connectivity index (χ4n) is 3.20. The third-order valence-corrected chi connectivity index (χ3v) is 4.54. The van der Waals surface area contributed by atoms with Crippen LogP contribution in [-0.4, -0.2) is 26.1 Å². The summed E-state index contributed by atoms with van der Waals surface area (Å²) in [5.74, 6) is 0.882. The van der Waals surface area contributed by atoms with E-state index in [4.69, 9.17) is 0 Å². The van der Waals surface area contributed by atoms with E-state index >= 15 is 0 Å². The first-order chi connectivity index (χ1) is 12.5. The van der Waals surface area contributed by atoms with Crippen LogP contribution in [0.2, 0.25) is 0 Å². The number of fused-ring (bicyclic) bond motifs is 1. The number of hydrogen-bond acceptors (Lipinski definition) is 4. The maximum absolute atomic E-state index is 13.3. The summed E-state index contributed by atoms with van der Waals surface area (Å²) in [5, 5.41) is 10.0. The predicted octanol–water partition coefficient (Wildman–Crippen LogP) is 3.60. The first-order valence-electron chi connectivity index (χ1n) is 8.49. The van der Waals surface area contributed by atoms with Crippen molar-refractivity contribution in [3.63, 3.8) is 0 Å². The Hall–Kier alpha value is -3.09. The molecule has 0 spiro atoms. The summed E-state index contributed by atoms with van der Waals surface area (Å²) in [6.07, 6.45) is 3.83. The van der Waals surface area contributed by atoms with Crippen LogP contribution in [0.1, 0.15) is 49.1 Å². The molecule has 132 valence electrons. The lowest BCUT2D eigenvalue weighted by Gasteiger charge is -2.23. The molecule has 1 atom stereocenters. The van der Waals surface area contributed by atoms with Gasteiger partial charge in [0.2, 0.25) is 5.91 Å². The molecule has 7 heteroatoms. The molecule has 26 heavy (non-hydrogen) atoms. The number of rotatable bonds is 3. The minimum absolute atomic E-state index is 0.104. The van der Waals surface area contributed by atoms with Crippen molar-refractivity contribution in [2.75, 3.05) is 5.32 Å². The minimum Gasteiger partial charge on any atom is -0.309 e. The van der Waals surface area contributed by atoms with Crippen molar-refractivity contribution in [2.24, 2.45) is 0 Å². The van der Waals surface area contributed by atoms with Crippen molar-refractivity contribution >= 4 is 11.7 Å². The van der Waals surface area contributed by atoms with Gasteiger partial charge < -0.3 is 5.32 Å². The van der Waals surface area contributed by atoms with Crippen LogP contribution in [0.15, 0.2) is 36.7 Å². The second-order valence-electron chi connectivity index (χ2n) is 6.70. The number of nitrogens with one attached hydrogen (secondary N) is 2.